The van der Waals surface area contributed by atoms with Crippen molar-refractivity contribution in [2.45, 2.75) is 31.2 Å². The lowest BCUT2D eigenvalue weighted by Crippen LogP contribution is -2.35. The van der Waals surface area contributed by atoms with Crippen LogP contribution in [0.5, 0.6) is 0 Å². The SMILES string of the molecule is O=C(O)N1CCc2cccc3c2[C@@H](C1)CN3C1CC1. The van der Waals surface area contributed by atoms with Crippen LogP contribution in [0.3, 0.4) is 0 Å². The topological polar surface area (TPSA) is 43.8 Å². The number of carbonyl (C=O) groups is 1. The van der Waals surface area contributed by atoms with Gasteiger partial charge in [0, 0.05) is 37.3 Å². The maximum absolute atomic E-state index is 11.3. The molecule has 4 heteroatoms. The number of benzene rings is 1. The van der Waals surface area contributed by atoms with Crippen LogP contribution in [0.25, 0.3) is 0 Å². The molecule has 1 aromatic carbocycles. The molecule has 2 heterocycles. The fourth-order valence-corrected chi connectivity index (χ4v) is 3.63. The monoisotopic (exact) mass is 258 g/mol. The van der Waals surface area contributed by atoms with Gasteiger partial charge in [0.15, 0.2) is 0 Å². The molecule has 1 N–H and O–H groups in total. The highest BCUT2D eigenvalue weighted by atomic mass is 16.4. The Kier molecular flexibility index (Phi) is 2.28. The van der Waals surface area contributed by atoms with Gasteiger partial charge in [0.25, 0.3) is 0 Å². The second kappa shape index (κ2) is 3.89. The van der Waals surface area contributed by atoms with Gasteiger partial charge >= 0.3 is 6.09 Å². The summed E-state index contributed by atoms with van der Waals surface area (Å²) in [5.41, 5.74) is 4.16. The van der Waals surface area contributed by atoms with Gasteiger partial charge in [-0.2, -0.15) is 0 Å². The molecule has 0 unspecified atom stereocenters. The van der Waals surface area contributed by atoms with Gasteiger partial charge in [-0.25, -0.2) is 4.79 Å². The normalized spacial score (nSPS) is 25.2. The van der Waals surface area contributed by atoms with Gasteiger partial charge in [0.1, 0.15) is 0 Å². The molecule has 0 spiro atoms. The summed E-state index contributed by atoms with van der Waals surface area (Å²) in [6, 6.07) is 7.22. The van der Waals surface area contributed by atoms with Crippen LogP contribution < -0.4 is 4.90 Å². The fourth-order valence-electron chi connectivity index (χ4n) is 3.63. The summed E-state index contributed by atoms with van der Waals surface area (Å²) < 4.78 is 0. The van der Waals surface area contributed by atoms with Gasteiger partial charge in [-0.15, -0.1) is 0 Å². The first-order valence-corrected chi connectivity index (χ1v) is 7.10. The standard InChI is InChI=1S/C15H18N2O2/c18-15(19)16-7-6-10-2-1-3-13-14(10)11(8-16)9-17(13)12-4-5-12/h1-3,11-12H,4-9H2,(H,18,19)/t11-/m0/s1. The molecule has 4 nitrogen and oxygen atoms in total. The van der Waals surface area contributed by atoms with E-state index in [0.29, 0.717) is 25.0 Å². The molecule has 0 radical (unpaired) electrons. The Balaban J connectivity index is 1.75. The average Bonchev–Trinajstić information content (AvgIpc) is 3.18. The van der Waals surface area contributed by atoms with E-state index in [1.54, 1.807) is 4.90 Å². The summed E-state index contributed by atoms with van der Waals surface area (Å²) in [4.78, 5) is 15.4. The summed E-state index contributed by atoms with van der Waals surface area (Å²) in [5.74, 6) is 0.366. The van der Waals surface area contributed by atoms with E-state index in [1.807, 2.05) is 0 Å². The van der Waals surface area contributed by atoms with Crippen LogP contribution >= 0.6 is 0 Å². The Morgan fingerprint density at radius 2 is 2.11 bits per heavy atom. The van der Waals surface area contributed by atoms with Crippen LogP contribution in [-0.4, -0.2) is 41.8 Å². The van der Waals surface area contributed by atoms with Crippen molar-refractivity contribution in [1.29, 1.82) is 0 Å². The highest BCUT2D eigenvalue weighted by Gasteiger charge is 2.40. The molecular formula is C15H18N2O2. The Labute approximate surface area is 112 Å². The van der Waals surface area contributed by atoms with Crippen LogP contribution in [0.15, 0.2) is 18.2 Å². The molecule has 1 aliphatic carbocycles. The van der Waals surface area contributed by atoms with Crippen molar-refractivity contribution >= 4 is 11.8 Å². The lowest BCUT2D eigenvalue weighted by molar-refractivity contribution is 0.144. The summed E-state index contributed by atoms with van der Waals surface area (Å²) in [6.07, 6.45) is 2.65. The molecule has 3 aliphatic rings. The van der Waals surface area contributed by atoms with Crippen molar-refractivity contribution in [2.24, 2.45) is 0 Å². The first-order valence-electron chi connectivity index (χ1n) is 7.10. The van der Waals surface area contributed by atoms with Crippen molar-refractivity contribution in [2.75, 3.05) is 24.5 Å². The number of nitrogens with zero attached hydrogens (tertiary/aromatic N) is 2. The Morgan fingerprint density at radius 3 is 2.84 bits per heavy atom. The Bertz CT molecular complexity index is 539. The summed E-state index contributed by atoms with van der Waals surface area (Å²) in [7, 11) is 0. The molecule has 2 aliphatic heterocycles. The molecule has 100 valence electrons. The zero-order valence-corrected chi connectivity index (χ0v) is 10.9. The number of carboxylic acid groups (broad SMARTS) is 1. The molecule has 1 atom stereocenters. The zero-order valence-electron chi connectivity index (χ0n) is 10.9. The van der Waals surface area contributed by atoms with E-state index in [0.717, 1.165) is 13.0 Å². The number of amides is 1. The van der Waals surface area contributed by atoms with Crippen molar-refractivity contribution < 1.29 is 9.90 Å². The van der Waals surface area contributed by atoms with Crippen LogP contribution in [0.1, 0.15) is 29.9 Å². The van der Waals surface area contributed by atoms with Gasteiger partial charge in [-0.1, -0.05) is 12.1 Å². The predicted molar refractivity (Wildman–Crippen MR) is 72.9 cm³/mol. The minimum Gasteiger partial charge on any atom is -0.465 e. The number of anilines is 1. The lowest BCUT2D eigenvalue weighted by Gasteiger charge is -2.22. The van der Waals surface area contributed by atoms with Crippen LogP contribution in [-0.2, 0) is 6.42 Å². The number of hydrogen-bond donors (Lipinski definition) is 1. The van der Waals surface area contributed by atoms with Crippen molar-refractivity contribution in [3.05, 3.63) is 29.3 Å². The van der Waals surface area contributed by atoms with Crippen LogP contribution in [0.4, 0.5) is 10.5 Å². The van der Waals surface area contributed by atoms with E-state index >= 15 is 0 Å². The summed E-state index contributed by atoms with van der Waals surface area (Å²) >= 11 is 0. The van der Waals surface area contributed by atoms with Crippen LogP contribution in [0, 0.1) is 0 Å². The quantitative estimate of drug-likeness (QED) is 0.840. The molecule has 0 bridgehead atoms. The zero-order chi connectivity index (χ0) is 13.0. The summed E-state index contributed by atoms with van der Waals surface area (Å²) in [6.45, 7) is 2.29. The molecule has 1 fully saturated rings. The van der Waals surface area contributed by atoms with Crippen LogP contribution in [0.2, 0.25) is 0 Å². The third-order valence-electron chi connectivity index (χ3n) is 4.66. The Morgan fingerprint density at radius 1 is 1.26 bits per heavy atom. The smallest absolute Gasteiger partial charge is 0.407 e. The minimum atomic E-state index is -0.778. The highest BCUT2D eigenvalue weighted by Crippen LogP contribution is 2.45. The van der Waals surface area contributed by atoms with Crippen molar-refractivity contribution in [1.82, 2.24) is 4.90 Å². The maximum Gasteiger partial charge on any atom is 0.407 e. The third kappa shape index (κ3) is 1.70. The van der Waals surface area contributed by atoms with E-state index in [9.17, 15) is 9.90 Å². The molecule has 0 saturated heterocycles. The van der Waals surface area contributed by atoms with Gasteiger partial charge in [-0.05, 0) is 36.5 Å². The van der Waals surface area contributed by atoms with E-state index in [2.05, 4.69) is 23.1 Å². The second-order valence-electron chi connectivity index (χ2n) is 5.91. The maximum atomic E-state index is 11.3. The van der Waals surface area contributed by atoms with Gasteiger partial charge in [0.2, 0.25) is 0 Å². The first-order chi connectivity index (χ1) is 9.24. The molecule has 1 amide bonds. The van der Waals surface area contributed by atoms with Gasteiger partial charge < -0.3 is 14.9 Å². The molecule has 4 rings (SSSR count). The van der Waals surface area contributed by atoms with E-state index in [4.69, 9.17) is 0 Å². The average molecular weight is 258 g/mol. The van der Waals surface area contributed by atoms with E-state index in [1.165, 1.54) is 29.7 Å². The fraction of sp³-hybridized carbons (Fsp3) is 0.533. The molecule has 0 aromatic heterocycles. The molecule has 1 saturated carbocycles. The molecule has 1 aromatic rings. The predicted octanol–water partition coefficient (Wildman–Crippen LogP) is 2.29. The summed E-state index contributed by atoms with van der Waals surface area (Å²) in [5, 5.41) is 9.27. The molecular weight excluding hydrogens is 240 g/mol. The van der Waals surface area contributed by atoms with E-state index in [-0.39, 0.29) is 0 Å². The highest BCUT2D eigenvalue weighted by molar-refractivity contribution is 5.68. The van der Waals surface area contributed by atoms with E-state index < -0.39 is 6.09 Å². The minimum absolute atomic E-state index is 0.366. The van der Waals surface area contributed by atoms with Gasteiger partial charge in [0.05, 0.1) is 0 Å². The Hall–Kier alpha value is -1.71. The van der Waals surface area contributed by atoms with Gasteiger partial charge in [-0.3, -0.25) is 0 Å². The van der Waals surface area contributed by atoms with Crippen molar-refractivity contribution in [3.8, 4) is 0 Å². The lowest BCUT2D eigenvalue weighted by atomic mass is 9.96. The largest absolute Gasteiger partial charge is 0.465 e. The second-order valence-corrected chi connectivity index (χ2v) is 5.91. The van der Waals surface area contributed by atoms with Crippen molar-refractivity contribution in [3.63, 3.8) is 0 Å². The first kappa shape index (κ1) is 11.1. The number of rotatable bonds is 1. The molecule has 19 heavy (non-hydrogen) atoms. The third-order valence-corrected chi connectivity index (χ3v) is 4.66. The number of hydrogen-bond acceptors (Lipinski definition) is 2.